The minimum Gasteiger partial charge on any atom is -0.462 e. The van der Waals surface area contributed by atoms with Crippen molar-refractivity contribution < 1.29 is 23.9 Å². The third-order valence-electron chi connectivity index (χ3n) is 2.79. The zero-order valence-corrected chi connectivity index (χ0v) is 14.9. The lowest BCUT2D eigenvalue weighted by molar-refractivity contribution is -0.172. The molecule has 22 heavy (non-hydrogen) atoms. The lowest BCUT2D eigenvalue weighted by atomic mass is 10.1. The standard InChI is InChI=1S/C16H29NO5/c1-9(2)17(10(3)4)14(18)13(15(19)21-11(5)6)16(20)22-12(7)8/h9-13H,1-8H3. The van der Waals surface area contributed by atoms with Crippen LogP contribution in [0.4, 0.5) is 0 Å². The zero-order valence-electron chi connectivity index (χ0n) is 14.9. The van der Waals surface area contributed by atoms with E-state index >= 15 is 0 Å². The number of carbonyl (C=O) groups is 3. The van der Waals surface area contributed by atoms with Gasteiger partial charge < -0.3 is 14.4 Å². The summed E-state index contributed by atoms with van der Waals surface area (Å²) in [4.78, 5) is 38.6. The topological polar surface area (TPSA) is 72.9 Å². The second kappa shape index (κ2) is 8.76. The summed E-state index contributed by atoms with van der Waals surface area (Å²) in [6.07, 6.45) is -0.831. The lowest BCUT2D eigenvalue weighted by Crippen LogP contribution is -2.50. The summed E-state index contributed by atoms with van der Waals surface area (Å²) in [5.74, 6) is -3.88. The first-order valence-corrected chi connectivity index (χ1v) is 7.72. The van der Waals surface area contributed by atoms with Crippen LogP contribution in [-0.4, -0.2) is 47.0 Å². The van der Waals surface area contributed by atoms with Crippen LogP contribution in [0.2, 0.25) is 0 Å². The number of carbonyl (C=O) groups excluding carboxylic acids is 3. The molecule has 0 spiro atoms. The van der Waals surface area contributed by atoms with Crippen LogP contribution in [0.15, 0.2) is 0 Å². The molecule has 0 N–H and O–H groups in total. The zero-order chi connectivity index (χ0) is 17.6. The molecule has 0 aromatic heterocycles. The van der Waals surface area contributed by atoms with E-state index in [4.69, 9.17) is 9.47 Å². The van der Waals surface area contributed by atoms with Gasteiger partial charge in [-0.1, -0.05) is 0 Å². The number of nitrogens with zero attached hydrogens (tertiary/aromatic N) is 1. The second-order valence-electron chi connectivity index (χ2n) is 6.34. The Morgan fingerprint density at radius 1 is 0.682 bits per heavy atom. The smallest absolute Gasteiger partial charge is 0.330 e. The molecule has 0 bridgehead atoms. The Kier molecular flexibility index (Phi) is 8.12. The molecule has 0 aliphatic carbocycles. The summed E-state index contributed by atoms with van der Waals surface area (Å²) in [6, 6.07) is -0.289. The Morgan fingerprint density at radius 3 is 1.23 bits per heavy atom. The van der Waals surface area contributed by atoms with E-state index in [0.29, 0.717) is 0 Å². The highest BCUT2D eigenvalue weighted by atomic mass is 16.6. The molecule has 128 valence electrons. The Hall–Kier alpha value is -1.59. The average Bonchev–Trinajstić information content (AvgIpc) is 2.24. The van der Waals surface area contributed by atoms with Crippen molar-refractivity contribution in [3.05, 3.63) is 0 Å². The molecule has 0 heterocycles. The molecule has 0 fully saturated rings. The van der Waals surface area contributed by atoms with Gasteiger partial charge in [-0.3, -0.25) is 14.4 Å². The maximum atomic E-state index is 12.7. The third-order valence-corrected chi connectivity index (χ3v) is 2.79. The Balaban J connectivity index is 5.50. The van der Waals surface area contributed by atoms with Crippen LogP contribution in [-0.2, 0) is 23.9 Å². The highest BCUT2D eigenvalue weighted by molar-refractivity contribution is 6.14. The van der Waals surface area contributed by atoms with E-state index in [2.05, 4.69) is 0 Å². The van der Waals surface area contributed by atoms with Crippen LogP contribution in [0, 0.1) is 5.92 Å². The molecule has 0 aliphatic heterocycles. The number of hydrogen-bond donors (Lipinski definition) is 0. The van der Waals surface area contributed by atoms with Crippen LogP contribution in [0.5, 0.6) is 0 Å². The Labute approximate surface area is 133 Å². The first-order chi connectivity index (χ1) is 9.98. The van der Waals surface area contributed by atoms with Crippen LogP contribution >= 0.6 is 0 Å². The van der Waals surface area contributed by atoms with E-state index in [-0.39, 0.29) is 12.1 Å². The summed E-state index contributed by atoms with van der Waals surface area (Å²) in [5.41, 5.74) is 0. The van der Waals surface area contributed by atoms with Gasteiger partial charge >= 0.3 is 11.9 Å². The molecule has 1 amide bonds. The van der Waals surface area contributed by atoms with Gasteiger partial charge in [0, 0.05) is 12.1 Å². The van der Waals surface area contributed by atoms with Gasteiger partial charge in [-0.05, 0) is 55.4 Å². The van der Waals surface area contributed by atoms with Crippen molar-refractivity contribution in [2.24, 2.45) is 5.92 Å². The molecule has 0 saturated carbocycles. The third kappa shape index (κ3) is 6.03. The summed E-state index contributed by atoms with van der Waals surface area (Å²) in [5, 5.41) is 0. The first-order valence-electron chi connectivity index (χ1n) is 7.72. The second-order valence-corrected chi connectivity index (χ2v) is 6.34. The molecular weight excluding hydrogens is 286 g/mol. The maximum Gasteiger partial charge on any atom is 0.330 e. The molecule has 6 heteroatoms. The largest absolute Gasteiger partial charge is 0.462 e. The Bertz CT molecular complexity index is 371. The van der Waals surface area contributed by atoms with E-state index in [1.54, 1.807) is 27.7 Å². The summed E-state index contributed by atoms with van der Waals surface area (Å²) >= 11 is 0. The van der Waals surface area contributed by atoms with E-state index in [1.165, 1.54) is 4.90 Å². The number of amides is 1. The van der Waals surface area contributed by atoms with Crippen LogP contribution in [0.1, 0.15) is 55.4 Å². The predicted octanol–water partition coefficient (Wildman–Crippen LogP) is 2.15. The molecule has 0 aliphatic rings. The highest BCUT2D eigenvalue weighted by Crippen LogP contribution is 2.16. The number of esters is 2. The monoisotopic (exact) mass is 315 g/mol. The maximum absolute atomic E-state index is 12.7. The summed E-state index contributed by atoms with van der Waals surface area (Å²) in [6.45, 7) is 14.0. The van der Waals surface area contributed by atoms with Gasteiger partial charge in [0.25, 0.3) is 0 Å². The molecule has 0 saturated heterocycles. The van der Waals surface area contributed by atoms with Gasteiger partial charge in [0.1, 0.15) is 0 Å². The molecule has 0 aromatic carbocycles. The van der Waals surface area contributed by atoms with Gasteiger partial charge in [-0.2, -0.15) is 0 Å². The van der Waals surface area contributed by atoms with Gasteiger partial charge in [0.15, 0.2) is 0 Å². The van der Waals surface area contributed by atoms with Crippen molar-refractivity contribution >= 4 is 17.8 Å². The van der Waals surface area contributed by atoms with E-state index in [9.17, 15) is 14.4 Å². The molecule has 0 aromatic rings. The van der Waals surface area contributed by atoms with Gasteiger partial charge in [0.05, 0.1) is 12.2 Å². The first kappa shape index (κ1) is 20.4. The van der Waals surface area contributed by atoms with E-state index in [1.807, 2.05) is 27.7 Å². The number of ether oxygens (including phenoxy) is 2. The van der Waals surface area contributed by atoms with E-state index < -0.39 is 36.0 Å². The fraction of sp³-hybridized carbons (Fsp3) is 0.812. The molecular formula is C16H29NO5. The fourth-order valence-corrected chi connectivity index (χ4v) is 2.15. The van der Waals surface area contributed by atoms with Crippen LogP contribution < -0.4 is 0 Å². The average molecular weight is 315 g/mol. The molecule has 6 nitrogen and oxygen atoms in total. The molecule has 0 unspecified atom stereocenters. The van der Waals surface area contributed by atoms with Crippen molar-refractivity contribution in [1.29, 1.82) is 0 Å². The quantitative estimate of drug-likeness (QED) is 0.531. The van der Waals surface area contributed by atoms with Gasteiger partial charge in [-0.25, -0.2) is 0 Å². The highest BCUT2D eigenvalue weighted by Gasteiger charge is 2.42. The molecule has 0 rings (SSSR count). The number of hydrogen-bond acceptors (Lipinski definition) is 5. The molecule has 0 atom stereocenters. The SMILES string of the molecule is CC(C)OC(=O)C(C(=O)OC(C)C)C(=O)N(C(C)C)C(C)C. The predicted molar refractivity (Wildman–Crippen MR) is 83.1 cm³/mol. The minimum absolute atomic E-state index is 0.145. The number of rotatable bonds is 7. The van der Waals surface area contributed by atoms with Crippen molar-refractivity contribution in [3.63, 3.8) is 0 Å². The normalized spacial score (nSPS) is 11.5. The van der Waals surface area contributed by atoms with Gasteiger partial charge in [-0.15, -0.1) is 0 Å². The lowest BCUT2D eigenvalue weighted by Gasteiger charge is -2.33. The van der Waals surface area contributed by atoms with E-state index in [0.717, 1.165) is 0 Å². The van der Waals surface area contributed by atoms with Crippen LogP contribution in [0.25, 0.3) is 0 Å². The fourth-order valence-electron chi connectivity index (χ4n) is 2.15. The summed E-state index contributed by atoms with van der Waals surface area (Å²) < 4.78 is 10.1. The molecule has 0 radical (unpaired) electrons. The van der Waals surface area contributed by atoms with Crippen molar-refractivity contribution in [3.8, 4) is 0 Å². The van der Waals surface area contributed by atoms with Crippen molar-refractivity contribution in [1.82, 2.24) is 4.90 Å². The van der Waals surface area contributed by atoms with Crippen molar-refractivity contribution in [2.75, 3.05) is 0 Å². The summed E-state index contributed by atoms with van der Waals surface area (Å²) in [7, 11) is 0. The van der Waals surface area contributed by atoms with Crippen molar-refractivity contribution in [2.45, 2.75) is 79.7 Å². The minimum atomic E-state index is -1.57. The van der Waals surface area contributed by atoms with Gasteiger partial charge in [0.2, 0.25) is 11.8 Å². The van der Waals surface area contributed by atoms with Crippen LogP contribution in [0.3, 0.4) is 0 Å². The Morgan fingerprint density at radius 2 is 1.00 bits per heavy atom.